The summed E-state index contributed by atoms with van der Waals surface area (Å²) in [6.45, 7) is 0.620. The van der Waals surface area contributed by atoms with E-state index in [-0.39, 0.29) is 37.3 Å². The molecule has 3 amide bonds. The number of anilines is 1. The lowest BCUT2D eigenvalue weighted by molar-refractivity contribution is -0.121. The van der Waals surface area contributed by atoms with E-state index in [0.29, 0.717) is 23.5 Å². The number of rotatable bonds is 6. The number of nitrogens with one attached hydrogen (secondary N) is 3. The van der Waals surface area contributed by atoms with Gasteiger partial charge in [-0.3, -0.25) is 14.4 Å². The number of fused-ring (bicyclic) bond motifs is 1. The monoisotopic (exact) mass is 353 g/mol. The van der Waals surface area contributed by atoms with Crippen LogP contribution in [-0.2, 0) is 16.1 Å². The van der Waals surface area contributed by atoms with E-state index >= 15 is 0 Å². The summed E-state index contributed by atoms with van der Waals surface area (Å²) in [4.78, 5) is 35.2. The third-order valence-electron chi connectivity index (χ3n) is 3.85. The zero-order valence-corrected chi connectivity index (χ0v) is 14.1. The summed E-state index contributed by atoms with van der Waals surface area (Å²) in [5, 5.41) is 8.17. The zero-order valence-electron chi connectivity index (χ0n) is 14.1. The van der Waals surface area contributed by atoms with Crippen LogP contribution in [0.5, 0.6) is 5.75 Å². The first-order valence-corrected chi connectivity index (χ1v) is 8.27. The Balaban J connectivity index is 1.44. The van der Waals surface area contributed by atoms with Crippen LogP contribution in [0.3, 0.4) is 0 Å². The highest BCUT2D eigenvalue weighted by molar-refractivity contribution is 5.99. The maximum atomic E-state index is 12.2. The van der Waals surface area contributed by atoms with E-state index in [1.807, 2.05) is 30.3 Å². The normalized spacial score (nSPS) is 12.4. The number of hydrogen-bond acceptors (Lipinski definition) is 4. The van der Waals surface area contributed by atoms with Crippen molar-refractivity contribution in [3.63, 3.8) is 0 Å². The maximum absolute atomic E-state index is 12.2. The molecule has 0 spiro atoms. The van der Waals surface area contributed by atoms with Crippen LogP contribution in [-0.4, -0.2) is 30.9 Å². The van der Waals surface area contributed by atoms with Crippen LogP contribution >= 0.6 is 0 Å². The van der Waals surface area contributed by atoms with Crippen molar-refractivity contribution in [2.24, 2.45) is 0 Å². The van der Waals surface area contributed by atoms with Crippen LogP contribution in [0.2, 0.25) is 0 Å². The Hall–Kier alpha value is -3.35. The van der Waals surface area contributed by atoms with Gasteiger partial charge in [0, 0.05) is 25.1 Å². The van der Waals surface area contributed by atoms with Crippen molar-refractivity contribution in [2.45, 2.75) is 13.0 Å². The average Bonchev–Trinajstić information content (AvgIpc) is 2.66. The molecule has 0 aromatic heterocycles. The Morgan fingerprint density at radius 2 is 1.88 bits per heavy atom. The van der Waals surface area contributed by atoms with Gasteiger partial charge >= 0.3 is 0 Å². The van der Waals surface area contributed by atoms with Crippen LogP contribution in [0.4, 0.5) is 5.69 Å². The van der Waals surface area contributed by atoms with Crippen LogP contribution < -0.4 is 20.7 Å². The summed E-state index contributed by atoms with van der Waals surface area (Å²) < 4.78 is 5.29. The lowest BCUT2D eigenvalue weighted by Crippen LogP contribution is -2.31. The van der Waals surface area contributed by atoms with E-state index in [9.17, 15) is 14.4 Å². The first kappa shape index (κ1) is 17.5. The summed E-state index contributed by atoms with van der Waals surface area (Å²) in [5.74, 6) is -0.205. The minimum Gasteiger partial charge on any atom is -0.482 e. The van der Waals surface area contributed by atoms with E-state index in [4.69, 9.17) is 4.74 Å². The number of ether oxygens (including phenoxy) is 1. The van der Waals surface area contributed by atoms with Crippen molar-refractivity contribution >= 4 is 23.4 Å². The molecule has 0 saturated heterocycles. The predicted octanol–water partition coefficient (Wildman–Crippen LogP) is 1.45. The molecule has 2 aromatic rings. The molecule has 0 aliphatic carbocycles. The van der Waals surface area contributed by atoms with Gasteiger partial charge in [0.1, 0.15) is 5.75 Å². The van der Waals surface area contributed by atoms with E-state index < -0.39 is 0 Å². The van der Waals surface area contributed by atoms with Gasteiger partial charge in [-0.05, 0) is 23.8 Å². The molecule has 3 N–H and O–H groups in total. The smallest absolute Gasteiger partial charge is 0.262 e. The van der Waals surface area contributed by atoms with E-state index in [1.54, 1.807) is 18.2 Å². The Morgan fingerprint density at radius 3 is 2.69 bits per heavy atom. The van der Waals surface area contributed by atoms with Crippen molar-refractivity contribution in [1.82, 2.24) is 10.6 Å². The van der Waals surface area contributed by atoms with Gasteiger partial charge in [0.25, 0.3) is 11.8 Å². The lowest BCUT2D eigenvalue weighted by Gasteiger charge is -2.18. The fraction of sp³-hybridized carbons (Fsp3) is 0.211. The molecule has 0 atom stereocenters. The van der Waals surface area contributed by atoms with Crippen molar-refractivity contribution < 1.29 is 19.1 Å². The number of amides is 3. The highest BCUT2D eigenvalue weighted by Gasteiger charge is 2.17. The van der Waals surface area contributed by atoms with E-state index in [0.717, 1.165) is 5.56 Å². The van der Waals surface area contributed by atoms with Gasteiger partial charge in [-0.2, -0.15) is 0 Å². The first-order valence-electron chi connectivity index (χ1n) is 8.27. The minimum absolute atomic E-state index is 0.0698. The minimum atomic E-state index is -0.302. The third-order valence-corrected chi connectivity index (χ3v) is 3.85. The fourth-order valence-electron chi connectivity index (χ4n) is 2.49. The van der Waals surface area contributed by atoms with Crippen molar-refractivity contribution in [3.8, 4) is 5.75 Å². The number of hydrogen-bond donors (Lipinski definition) is 3. The Labute approximate surface area is 150 Å². The standard InChI is InChI=1S/C19H19N3O4/c23-17(21-11-13-4-2-1-3-5-13)8-9-20-19(25)14-6-7-15-16(10-14)26-12-18(24)22-15/h1-7,10H,8-9,11-12H2,(H,20,25)(H,21,23)(H,22,24). The molecule has 0 fully saturated rings. The summed E-state index contributed by atoms with van der Waals surface area (Å²) in [5.41, 5.74) is 1.97. The number of benzene rings is 2. The quantitative estimate of drug-likeness (QED) is 0.732. The molecule has 1 aliphatic heterocycles. The number of carbonyl (C=O) groups is 3. The fourth-order valence-corrected chi connectivity index (χ4v) is 2.49. The molecule has 134 valence electrons. The topological polar surface area (TPSA) is 96.5 Å². The van der Waals surface area contributed by atoms with Gasteiger partial charge < -0.3 is 20.7 Å². The van der Waals surface area contributed by atoms with E-state index in [2.05, 4.69) is 16.0 Å². The van der Waals surface area contributed by atoms with Crippen LogP contribution in [0.1, 0.15) is 22.3 Å². The van der Waals surface area contributed by atoms with Crippen molar-refractivity contribution in [1.29, 1.82) is 0 Å². The molecule has 3 rings (SSSR count). The average molecular weight is 353 g/mol. The molecule has 1 heterocycles. The van der Waals surface area contributed by atoms with Crippen molar-refractivity contribution in [3.05, 3.63) is 59.7 Å². The summed E-state index contributed by atoms with van der Waals surface area (Å²) >= 11 is 0. The van der Waals surface area contributed by atoms with Crippen LogP contribution in [0.25, 0.3) is 0 Å². The summed E-state index contributed by atoms with van der Waals surface area (Å²) in [6, 6.07) is 14.4. The van der Waals surface area contributed by atoms with Gasteiger partial charge in [0.05, 0.1) is 5.69 Å². The Bertz CT molecular complexity index is 821. The predicted molar refractivity (Wildman–Crippen MR) is 95.8 cm³/mol. The second-order valence-electron chi connectivity index (χ2n) is 5.82. The molecule has 0 unspecified atom stereocenters. The third kappa shape index (κ3) is 4.60. The highest BCUT2D eigenvalue weighted by Crippen LogP contribution is 2.28. The zero-order chi connectivity index (χ0) is 18.4. The van der Waals surface area contributed by atoms with Gasteiger partial charge in [-0.15, -0.1) is 0 Å². The summed E-state index contributed by atoms with van der Waals surface area (Å²) in [7, 11) is 0. The van der Waals surface area contributed by atoms with Gasteiger partial charge in [0.15, 0.2) is 6.61 Å². The number of carbonyl (C=O) groups excluding carboxylic acids is 3. The first-order chi connectivity index (χ1) is 12.6. The Morgan fingerprint density at radius 1 is 1.08 bits per heavy atom. The molecule has 2 aromatic carbocycles. The molecule has 7 nitrogen and oxygen atoms in total. The second-order valence-corrected chi connectivity index (χ2v) is 5.82. The summed E-state index contributed by atoms with van der Waals surface area (Å²) in [6.07, 6.45) is 0.191. The van der Waals surface area contributed by atoms with Crippen LogP contribution in [0.15, 0.2) is 48.5 Å². The van der Waals surface area contributed by atoms with Crippen molar-refractivity contribution in [2.75, 3.05) is 18.5 Å². The Kier molecular flexibility index (Phi) is 5.48. The molecule has 1 aliphatic rings. The maximum Gasteiger partial charge on any atom is 0.262 e. The van der Waals surface area contributed by atoms with Crippen LogP contribution in [0, 0.1) is 0 Å². The lowest BCUT2D eigenvalue weighted by atomic mass is 10.1. The largest absolute Gasteiger partial charge is 0.482 e. The molecule has 0 radical (unpaired) electrons. The highest BCUT2D eigenvalue weighted by atomic mass is 16.5. The second kappa shape index (κ2) is 8.15. The molecular formula is C19H19N3O4. The molecule has 7 heteroatoms. The molecule has 26 heavy (non-hydrogen) atoms. The van der Waals surface area contributed by atoms with Gasteiger partial charge in [-0.1, -0.05) is 30.3 Å². The SMILES string of the molecule is O=C(CCNC(=O)c1ccc2c(c1)OCC(=O)N2)NCc1ccccc1. The molecular weight excluding hydrogens is 334 g/mol. The molecule has 0 bridgehead atoms. The van der Waals surface area contributed by atoms with Gasteiger partial charge in [0.2, 0.25) is 5.91 Å². The van der Waals surface area contributed by atoms with E-state index in [1.165, 1.54) is 0 Å². The molecule has 0 saturated carbocycles. The van der Waals surface area contributed by atoms with Gasteiger partial charge in [-0.25, -0.2) is 0 Å².